The van der Waals surface area contributed by atoms with Gasteiger partial charge in [-0.2, -0.15) is 0 Å². The molecule has 7 aromatic carbocycles. The van der Waals surface area contributed by atoms with Gasteiger partial charge in [0.25, 0.3) is 0 Å². The fourth-order valence-corrected chi connectivity index (χ4v) is 6.55. The lowest BCUT2D eigenvalue weighted by Gasteiger charge is -2.13. The number of fused-ring (bicyclic) bond motifs is 4. The van der Waals surface area contributed by atoms with Crippen LogP contribution in [-0.2, 0) is 0 Å². The number of nitrogens with zero attached hydrogens (tertiary/aromatic N) is 3. The Morgan fingerprint density at radius 1 is 0.319 bits per heavy atom. The van der Waals surface area contributed by atoms with Gasteiger partial charge in [0.2, 0.25) is 0 Å². The molecule has 0 atom stereocenters. The quantitative estimate of drug-likeness (QED) is 0.197. The van der Waals surface area contributed by atoms with Crippen LogP contribution in [-0.4, -0.2) is 15.0 Å². The lowest BCUT2D eigenvalue weighted by molar-refractivity contribution is 0.669. The van der Waals surface area contributed by atoms with E-state index >= 15 is 0 Å². The Morgan fingerprint density at radius 2 is 0.830 bits per heavy atom. The van der Waals surface area contributed by atoms with Crippen molar-refractivity contribution in [2.45, 2.75) is 0 Å². The van der Waals surface area contributed by atoms with Crippen molar-refractivity contribution >= 4 is 32.7 Å². The molecule has 0 saturated carbocycles. The summed E-state index contributed by atoms with van der Waals surface area (Å²) >= 11 is 0. The van der Waals surface area contributed by atoms with Crippen LogP contribution in [0.4, 0.5) is 0 Å². The third-order valence-corrected chi connectivity index (χ3v) is 8.75. The number of para-hydroxylation sites is 1. The summed E-state index contributed by atoms with van der Waals surface area (Å²) in [6, 6.07) is 56.4. The summed E-state index contributed by atoms with van der Waals surface area (Å²) in [6.45, 7) is 0. The van der Waals surface area contributed by atoms with E-state index in [2.05, 4.69) is 103 Å². The van der Waals surface area contributed by atoms with E-state index in [9.17, 15) is 0 Å². The van der Waals surface area contributed by atoms with Crippen molar-refractivity contribution in [2.75, 3.05) is 0 Å². The van der Waals surface area contributed by atoms with Gasteiger partial charge in [-0.25, -0.2) is 15.0 Å². The number of furan rings is 1. The second kappa shape index (κ2) is 11.2. The maximum Gasteiger partial charge on any atom is 0.164 e. The predicted octanol–water partition coefficient (Wildman–Crippen LogP) is 11.3. The fraction of sp³-hybridized carbons (Fsp3) is 0. The van der Waals surface area contributed by atoms with E-state index in [1.807, 2.05) is 60.7 Å². The minimum absolute atomic E-state index is 0.606. The minimum Gasteiger partial charge on any atom is -0.456 e. The van der Waals surface area contributed by atoms with Gasteiger partial charge < -0.3 is 4.42 Å². The number of hydrogen-bond acceptors (Lipinski definition) is 4. The van der Waals surface area contributed by atoms with Crippen molar-refractivity contribution < 1.29 is 4.42 Å². The molecule has 220 valence electrons. The third-order valence-electron chi connectivity index (χ3n) is 8.75. The Labute approximate surface area is 271 Å². The number of rotatable bonds is 5. The zero-order chi connectivity index (χ0) is 31.2. The van der Waals surface area contributed by atoms with Crippen LogP contribution in [0.25, 0.3) is 89.1 Å². The highest BCUT2D eigenvalue weighted by Crippen LogP contribution is 2.38. The summed E-state index contributed by atoms with van der Waals surface area (Å²) in [5.41, 5.74) is 9.09. The van der Waals surface area contributed by atoms with Crippen LogP contribution in [0.1, 0.15) is 0 Å². The average molecular weight is 602 g/mol. The van der Waals surface area contributed by atoms with Crippen LogP contribution < -0.4 is 0 Å². The second-order valence-corrected chi connectivity index (χ2v) is 11.6. The normalized spacial score (nSPS) is 11.4. The molecule has 4 nitrogen and oxygen atoms in total. The molecule has 0 N–H and O–H groups in total. The molecule has 0 fully saturated rings. The van der Waals surface area contributed by atoms with Crippen LogP contribution in [0.15, 0.2) is 168 Å². The van der Waals surface area contributed by atoms with Gasteiger partial charge in [0, 0.05) is 27.5 Å². The predicted molar refractivity (Wildman–Crippen MR) is 192 cm³/mol. The van der Waals surface area contributed by atoms with Crippen molar-refractivity contribution in [2.24, 2.45) is 0 Å². The molecule has 0 unspecified atom stereocenters. The van der Waals surface area contributed by atoms with E-state index in [-0.39, 0.29) is 0 Å². The summed E-state index contributed by atoms with van der Waals surface area (Å²) in [6.07, 6.45) is 0. The maximum absolute atomic E-state index is 6.21. The molecular formula is C43H27N3O. The van der Waals surface area contributed by atoms with Crippen LogP contribution in [0.2, 0.25) is 0 Å². The first-order valence-electron chi connectivity index (χ1n) is 15.7. The van der Waals surface area contributed by atoms with Gasteiger partial charge in [-0.1, -0.05) is 146 Å². The molecule has 0 bridgehead atoms. The van der Waals surface area contributed by atoms with Gasteiger partial charge in [0.15, 0.2) is 17.5 Å². The summed E-state index contributed by atoms with van der Waals surface area (Å²) in [5.74, 6) is 1.85. The lowest BCUT2D eigenvalue weighted by atomic mass is 9.91. The maximum atomic E-state index is 6.21. The molecule has 2 heterocycles. The Morgan fingerprint density at radius 3 is 1.57 bits per heavy atom. The zero-order valence-electron chi connectivity index (χ0n) is 25.3. The van der Waals surface area contributed by atoms with Gasteiger partial charge >= 0.3 is 0 Å². The smallest absolute Gasteiger partial charge is 0.164 e. The SMILES string of the molecule is c1ccc(-c2nc(-c3cccc(-c4ccc(-c5ccccc5)c5ccccc45)c3)nc(-c3cccc4oc5ccccc5c34)n2)cc1. The van der Waals surface area contributed by atoms with E-state index in [1.54, 1.807) is 0 Å². The largest absolute Gasteiger partial charge is 0.456 e. The molecule has 0 aliphatic carbocycles. The molecule has 9 aromatic rings. The molecule has 4 heteroatoms. The van der Waals surface area contributed by atoms with E-state index in [4.69, 9.17) is 19.4 Å². The molecular weight excluding hydrogens is 574 g/mol. The Balaban J connectivity index is 1.23. The van der Waals surface area contributed by atoms with Gasteiger partial charge in [-0.3, -0.25) is 0 Å². The summed E-state index contributed by atoms with van der Waals surface area (Å²) in [7, 11) is 0. The van der Waals surface area contributed by atoms with Crippen molar-refractivity contribution in [3.05, 3.63) is 164 Å². The lowest BCUT2D eigenvalue weighted by Crippen LogP contribution is -2.00. The van der Waals surface area contributed by atoms with Crippen molar-refractivity contribution in [1.29, 1.82) is 0 Å². The van der Waals surface area contributed by atoms with Crippen molar-refractivity contribution in [1.82, 2.24) is 15.0 Å². The average Bonchev–Trinajstić information content (AvgIpc) is 3.54. The first-order chi connectivity index (χ1) is 23.3. The summed E-state index contributed by atoms with van der Waals surface area (Å²) < 4.78 is 6.21. The molecule has 9 rings (SSSR count). The monoisotopic (exact) mass is 601 g/mol. The molecule has 47 heavy (non-hydrogen) atoms. The Kier molecular flexibility index (Phi) is 6.43. The number of benzene rings is 7. The topological polar surface area (TPSA) is 51.8 Å². The molecule has 0 radical (unpaired) electrons. The first-order valence-corrected chi connectivity index (χ1v) is 15.7. The molecule has 0 spiro atoms. The minimum atomic E-state index is 0.606. The highest BCUT2D eigenvalue weighted by molar-refractivity contribution is 6.12. The van der Waals surface area contributed by atoms with E-state index in [0.29, 0.717) is 17.5 Å². The highest BCUT2D eigenvalue weighted by Gasteiger charge is 2.18. The third kappa shape index (κ3) is 4.75. The standard InChI is InChI=1S/C43H27N3O/c1-3-13-28(14-4-1)32-25-26-33(35-20-8-7-19-34(32)35)30-17-11-18-31(27-30)42-44-41(29-15-5-2-6-16-29)45-43(46-42)37-22-12-24-39-40(37)36-21-9-10-23-38(36)47-39/h1-27H. The van der Waals surface area contributed by atoms with Crippen molar-refractivity contribution in [3.63, 3.8) is 0 Å². The van der Waals surface area contributed by atoms with Gasteiger partial charge in [0.1, 0.15) is 11.2 Å². The molecule has 2 aromatic heterocycles. The number of aromatic nitrogens is 3. The van der Waals surface area contributed by atoms with Crippen LogP contribution in [0.3, 0.4) is 0 Å². The molecule has 0 saturated heterocycles. The zero-order valence-corrected chi connectivity index (χ0v) is 25.3. The number of hydrogen-bond donors (Lipinski definition) is 0. The summed E-state index contributed by atoms with van der Waals surface area (Å²) in [5, 5.41) is 4.45. The van der Waals surface area contributed by atoms with Gasteiger partial charge in [-0.15, -0.1) is 0 Å². The van der Waals surface area contributed by atoms with E-state index in [0.717, 1.165) is 49.8 Å². The van der Waals surface area contributed by atoms with Crippen molar-refractivity contribution in [3.8, 4) is 56.4 Å². The van der Waals surface area contributed by atoms with E-state index < -0.39 is 0 Å². The Hall–Kier alpha value is -6.39. The van der Waals surface area contributed by atoms with Crippen LogP contribution in [0.5, 0.6) is 0 Å². The highest BCUT2D eigenvalue weighted by atomic mass is 16.3. The van der Waals surface area contributed by atoms with Gasteiger partial charge in [-0.05, 0) is 51.2 Å². The Bertz CT molecular complexity index is 2570. The van der Waals surface area contributed by atoms with Gasteiger partial charge in [0.05, 0.1) is 0 Å². The molecule has 0 aliphatic heterocycles. The molecule has 0 aliphatic rings. The summed E-state index contributed by atoms with van der Waals surface area (Å²) in [4.78, 5) is 15.2. The first kappa shape index (κ1) is 27.0. The van der Waals surface area contributed by atoms with Crippen LogP contribution in [0, 0.1) is 0 Å². The molecule has 0 amide bonds. The second-order valence-electron chi connectivity index (χ2n) is 11.6. The van der Waals surface area contributed by atoms with Crippen LogP contribution >= 0.6 is 0 Å². The fourth-order valence-electron chi connectivity index (χ4n) is 6.55. The van der Waals surface area contributed by atoms with E-state index in [1.165, 1.54) is 21.9 Å².